The average molecular weight is 528 g/mol. The van der Waals surface area contributed by atoms with Gasteiger partial charge in [0.2, 0.25) is 5.91 Å². The highest BCUT2D eigenvalue weighted by molar-refractivity contribution is 7.13. The van der Waals surface area contributed by atoms with Gasteiger partial charge in [-0.1, -0.05) is 78.9 Å². The number of nitrogens with zero attached hydrogens (tertiary/aromatic N) is 2. The van der Waals surface area contributed by atoms with Crippen LogP contribution in [0, 0.1) is 0 Å². The number of carbonyl (C=O) groups is 3. The molecule has 0 saturated heterocycles. The van der Waals surface area contributed by atoms with Gasteiger partial charge in [-0.2, -0.15) is 0 Å². The van der Waals surface area contributed by atoms with Gasteiger partial charge in [-0.3, -0.25) is 14.9 Å². The minimum Gasteiger partial charge on any atom is -0.480 e. The highest BCUT2D eigenvalue weighted by atomic mass is 32.1. The monoisotopic (exact) mass is 527 g/mol. The topological polar surface area (TPSA) is 109 Å². The van der Waals surface area contributed by atoms with Gasteiger partial charge < -0.3 is 14.7 Å². The van der Waals surface area contributed by atoms with E-state index in [4.69, 9.17) is 4.74 Å². The molecule has 9 heteroatoms. The van der Waals surface area contributed by atoms with Crippen LogP contribution in [0.4, 0.5) is 9.93 Å². The summed E-state index contributed by atoms with van der Waals surface area (Å²) in [6.07, 6.45) is -0.709. The number of hydrogen-bond donors (Lipinski definition) is 2. The third kappa shape index (κ3) is 5.73. The molecule has 1 heterocycles. The first-order chi connectivity index (χ1) is 18.5. The van der Waals surface area contributed by atoms with Crippen molar-refractivity contribution in [3.63, 3.8) is 0 Å². The maximum absolute atomic E-state index is 12.8. The van der Waals surface area contributed by atoms with Gasteiger partial charge in [0.15, 0.2) is 5.13 Å². The number of thiazole rings is 1. The van der Waals surface area contributed by atoms with E-state index in [1.807, 2.05) is 54.6 Å². The third-order valence-electron chi connectivity index (χ3n) is 6.33. The molecule has 192 valence electrons. The Morgan fingerprint density at radius 2 is 1.55 bits per heavy atom. The van der Waals surface area contributed by atoms with Crippen LogP contribution < -0.4 is 5.32 Å². The molecule has 0 aliphatic heterocycles. The van der Waals surface area contributed by atoms with Gasteiger partial charge in [0.25, 0.3) is 0 Å². The van der Waals surface area contributed by atoms with Crippen LogP contribution in [0.15, 0.2) is 84.2 Å². The quantitative estimate of drug-likeness (QED) is 0.311. The van der Waals surface area contributed by atoms with E-state index in [-0.39, 0.29) is 31.4 Å². The predicted molar refractivity (Wildman–Crippen MR) is 144 cm³/mol. The second kappa shape index (κ2) is 11.3. The maximum atomic E-state index is 12.8. The summed E-state index contributed by atoms with van der Waals surface area (Å²) in [6, 6.07) is 25.4. The molecule has 0 atom stereocenters. The molecule has 8 nitrogen and oxygen atoms in total. The molecule has 0 radical (unpaired) electrons. The molecule has 1 aromatic heterocycles. The number of amides is 2. The van der Waals surface area contributed by atoms with E-state index >= 15 is 0 Å². The van der Waals surface area contributed by atoms with Crippen LogP contribution in [0.25, 0.3) is 11.1 Å². The lowest BCUT2D eigenvalue weighted by atomic mass is 9.98. The predicted octanol–water partition coefficient (Wildman–Crippen LogP) is 5.16. The molecule has 3 aromatic carbocycles. The summed E-state index contributed by atoms with van der Waals surface area (Å²) in [5.41, 5.74) is 5.82. The van der Waals surface area contributed by atoms with Crippen LogP contribution in [0.2, 0.25) is 0 Å². The van der Waals surface area contributed by atoms with Crippen LogP contribution in [-0.2, 0) is 27.3 Å². The number of rotatable bonds is 9. The minimum atomic E-state index is -1.09. The van der Waals surface area contributed by atoms with Crippen molar-refractivity contribution in [2.75, 3.05) is 18.5 Å². The van der Waals surface area contributed by atoms with Gasteiger partial charge in [0.05, 0.1) is 12.1 Å². The molecule has 2 N–H and O–H groups in total. The van der Waals surface area contributed by atoms with E-state index in [1.54, 1.807) is 5.38 Å². The van der Waals surface area contributed by atoms with Crippen LogP contribution in [0.1, 0.15) is 28.3 Å². The number of carbonyl (C=O) groups excluding carboxylic acids is 2. The molecule has 38 heavy (non-hydrogen) atoms. The fourth-order valence-corrected chi connectivity index (χ4v) is 5.33. The van der Waals surface area contributed by atoms with E-state index in [0.717, 1.165) is 27.8 Å². The van der Waals surface area contributed by atoms with E-state index in [1.165, 1.54) is 16.2 Å². The molecule has 4 aromatic rings. The number of nitrogens with one attached hydrogen (secondary N) is 1. The lowest BCUT2D eigenvalue weighted by Gasteiger charge is -2.20. The largest absolute Gasteiger partial charge is 0.480 e. The van der Waals surface area contributed by atoms with E-state index in [0.29, 0.717) is 10.8 Å². The summed E-state index contributed by atoms with van der Waals surface area (Å²) in [7, 11) is 0. The number of benzene rings is 3. The van der Waals surface area contributed by atoms with Crippen LogP contribution >= 0.6 is 11.3 Å². The number of aliphatic carboxylic acids is 1. The lowest BCUT2D eigenvalue weighted by molar-refractivity contribution is -0.144. The van der Waals surface area contributed by atoms with Crippen molar-refractivity contribution < 1.29 is 24.2 Å². The van der Waals surface area contributed by atoms with E-state index < -0.39 is 18.6 Å². The molecule has 1 aliphatic rings. The number of anilines is 1. The zero-order valence-corrected chi connectivity index (χ0v) is 21.2. The summed E-state index contributed by atoms with van der Waals surface area (Å²) >= 11 is 1.17. The zero-order valence-electron chi connectivity index (χ0n) is 20.4. The van der Waals surface area contributed by atoms with Crippen molar-refractivity contribution >= 4 is 34.4 Å². The Labute approximate surface area is 223 Å². The van der Waals surface area contributed by atoms with Crippen LogP contribution in [-0.4, -0.2) is 46.1 Å². The van der Waals surface area contributed by atoms with Crippen LogP contribution in [0.5, 0.6) is 0 Å². The van der Waals surface area contributed by atoms with Crippen molar-refractivity contribution in [3.8, 4) is 11.1 Å². The van der Waals surface area contributed by atoms with Crippen molar-refractivity contribution in [2.45, 2.75) is 18.9 Å². The third-order valence-corrected chi connectivity index (χ3v) is 7.14. The van der Waals surface area contributed by atoms with Crippen LogP contribution in [0.3, 0.4) is 0 Å². The molecule has 2 amide bonds. The Balaban J connectivity index is 1.18. The van der Waals surface area contributed by atoms with Crippen molar-refractivity contribution in [1.29, 1.82) is 0 Å². The lowest BCUT2D eigenvalue weighted by Crippen LogP contribution is -2.36. The Hall–Kier alpha value is -4.50. The van der Waals surface area contributed by atoms with Gasteiger partial charge in [0.1, 0.15) is 13.2 Å². The highest BCUT2D eigenvalue weighted by Gasteiger charge is 2.29. The molecule has 0 unspecified atom stereocenters. The fraction of sp³-hybridized carbons (Fsp3) is 0.172. The first kappa shape index (κ1) is 25.2. The Morgan fingerprint density at radius 3 is 2.21 bits per heavy atom. The molecule has 0 bridgehead atoms. The highest BCUT2D eigenvalue weighted by Crippen LogP contribution is 2.44. The molecule has 0 saturated carbocycles. The summed E-state index contributed by atoms with van der Waals surface area (Å²) in [6.45, 7) is -0.0517. The molecular formula is C29H25N3O5S. The summed E-state index contributed by atoms with van der Waals surface area (Å²) in [4.78, 5) is 42.3. The average Bonchev–Trinajstić information content (AvgIpc) is 3.49. The SMILES string of the molecule is O=C(O)CN(Cc1ccccc1)C(=O)Cc1csc(NC(=O)OCC2c3ccccc3-c3ccccc32)n1. The van der Waals surface area contributed by atoms with E-state index in [9.17, 15) is 19.5 Å². The summed E-state index contributed by atoms with van der Waals surface area (Å²) in [5.74, 6) is -1.51. The normalized spacial score (nSPS) is 11.9. The summed E-state index contributed by atoms with van der Waals surface area (Å²) in [5, 5.41) is 13.9. The minimum absolute atomic E-state index is 0.0533. The smallest absolute Gasteiger partial charge is 0.413 e. The first-order valence-corrected chi connectivity index (χ1v) is 13.0. The fourth-order valence-electron chi connectivity index (χ4n) is 4.63. The number of fused-ring (bicyclic) bond motifs is 3. The van der Waals surface area contributed by atoms with Gasteiger partial charge in [-0.15, -0.1) is 11.3 Å². The molecule has 0 spiro atoms. The standard InChI is InChI=1S/C29H25N3O5S/c33-26(32(16-27(34)35)15-19-8-2-1-3-9-19)14-20-18-38-28(30-20)31-29(36)37-17-25-23-12-6-4-10-21(23)22-11-5-7-13-24(22)25/h1-13,18,25H,14-17H2,(H,34,35)(H,30,31,36). The number of ether oxygens (including phenoxy) is 1. The zero-order chi connectivity index (χ0) is 26.5. The number of hydrogen-bond acceptors (Lipinski definition) is 6. The number of carboxylic acid groups (broad SMARTS) is 1. The van der Waals surface area contributed by atoms with Gasteiger partial charge in [-0.05, 0) is 27.8 Å². The molecule has 1 aliphatic carbocycles. The van der Waals surface area contributed by atoms with Gasteiger partial charge in [-0.25, -0.2) is 9.78 Å². The second-order valence-electron chi connectivity index (χ2n) is 8.90. The molecular weight excluding hydrogens is 502 g/mol. The molecule has 0 fully saturated rings. The summed E-state index contributed by atoms with van der Waals surface area (Å²) < 4.78 is 5.56. The Morgan fingerprint density at radius 1 is 0.921 bits per heavy atom. The van der Waals surface area contributed by atoms with Crippen molar-refractivity contribution in [3.05, 3.63) is 107 Å². The maximum Gasteiger partial charge on any atom is 0.413 e. The second-order valence-corrected chi connectivity index (χ2v) is 9.76. The van der Waals surface area contributed by atoms with Crippen molar-refractivity contribution in [1.82, 2.24) is 9.88 Å². The van der Waals surface area contributed by atoms with E-state index in [2.05, 4.69) is 34.6 Å². The van der Waals surface area contributed by atoms with Gasteiger partial charge in [0, 0.05) is 17.8 Å². The first-order valence-electron chi connectivity index (χ1n) is 12.1. The number of aromatic nitrogens is 1. The molecule has 5 rings (SSSR count). The Bertz CT molecular complexity index is 1420. The number of carboxylic acids is 1. The van der Waals surface area contributed by atoms with Crippen molar-refractivity contribution in [2.24, 2.45) is 0 Å². The Kier molecular flexibility index (Phi) is 7.46. The van der Waals surface area contributed by atoms with Gasteiger partial charge >= 0.3 is 12.1 Å².